The molecule has 0 saturated carbocycles. The molecule has 1 aromatic heterocycles. The van der Waals surface area contributed by atoms with Gasteiger partial charge in [0, 0.05) is 43.0 Å². The van der Waals surface area contributed by atoms with Crippen LogP contribution in [0, 0.1) is 24.4 Å². The summed E-state index contributed by atoms with van der Waals surface area (Å²) in [6, 6.07) is 1.43. The van der Waals surface area contributed by atoms with Gasteiger partial charge in [0.25, 0.3) is 0 Å². The van der Waals surface area contributed by atoms with Crippen LogP contribution < -0.4 is 5.32 Å². The van der Waals surface area contributed by atoms with E-state index in [2.05, 4.69) is 10.4 Å². The van der Waals surface area contributed by atoms with Crippen LogP contribution >= 0.6 is 0 Å². The van der Waals surface area contributed by atoms with E-state index in [9.17, 15) is 13.2 Å². The second-order valence-corrected chi connectivity index (χ2v) is 4.34. The summed E-state index contributed by atoms with van der Waals surface area (Å²) in [6.07, 6.45) is 1.71. The Morgan fingerprint density at radius 1 is 1.05 bits per heavy atom. The number of aryl methyl sites for hydroxylation is 1. The number of halogens is 3. The molecule has 1 aromatic carbocycles. The van der Waals surface area contributed by atoms with E-state index in [0.717, 1.165) is 17.3 Å². The maximum atomic E-state index is 13.4. The zero-order chi connectivity index (χ0) is 14.0. The first-order valence-electron chi connectivity index (χ1n) is 5.80. The molecule has 0 amide bonds. The van der Waals surface area contributed by atoms with Crippen LogP contribution in [0.2, 0.25) is 0 Å². The Bertz CT molecular complexity index is 593. The Morgan fingerprint density at radius 2 is 1.68 bits per heavy atom. The first-order chi connectivity index (χ1) is 8.99. The summed E-state index contributed by atoms with van der Waals surface area (Å²) in [5.74, 6) is -2.98. The molecule has 0 fully saturated rings. The maximum Gasteiger partial charge on any atom is 0.161 e. The fraction of sp³-hybridized carbons (Fsp3) is 0.308. The van der Waals surface area contributed by atoms with Crippen LogP contribution in [0.5, 0.6) is 0 Å². The second kappa shape index (κ2) is 5.44. The van der Waals surface area contributed by atoms with Crippen LogP contribution in [0.25, 0.3) is 0 Å². The number of aromatic nitrogens is 2. The van der Waals surface area contributed by atoms with Crippen LogP contribution in [0.3, 0.4) is 0 Å². The average Bonchev–Trinajstić information content (AvgIpc) is 2.67. The van der Waals surface area contributed by atoms with Gasteiger partial charge in [0.05, 0.1) is 6.20 Å². The normalized spacial score (nSPS) is 11.0. The molecule has 0 saturated heterocycles. The first kappa shape index (κ1) is 13.6. The summed E-state index contributed by atoms with van der Waals surface area (Å²) >= 11 is 0. The third-order valence-electron chi connectivity index (χ3n) is 3.06. The quantitative estimate of drug-likeness (QED) is 0.864. The monoisotopic (exact) mass is 269 g/mol. The number of hydrogen-bond acceptors (Lipinski definition) is 2. The fourth-order valence-corrected chi connectivity index (χ4v) is 1.75. The van der Waals surface area contributed by atoms with E-state index in [1.165, 1.54) is 0 Å². The molecule has 102 valence electrons. The van der Waals surface area contributed by atoms with Crippen LogP contribution in [0.1, 0.15) is 16.8 Å². The number of rotatable bonds is 4. The number of nitrogens with one attached hydrogen (secondary N) is 1. The van der Waals surface area contributed by atoms with Crippen molar-refractivity contribution in [2.75, 3.05) is 0 Å². The van der Waals surface area contributed by atoms with Gasteiger partial charge in [0.1, 0.15) is 5.82 Å². The van der Waals surface area contributed by atoms with Crippen molar-refractivity contribution in [3.05, 3.63) is 52.6 Å². The van der Waals surface area contributed by atoms with E-state index in [1.54, 1.807) is 10.9 Å². The summed E-state index contributed by atoms with van der Waals surface area (Å²) in [5.41, 5.74) is 2.07. The molecule has 0 bridgehead atoms. The van der Waals surface area contributed by atoms with Crippen molar-refractivity contribution in [1.29, 1.82) is 0 Å². The molecule has 19 heavy (non-hydrogen) atoms. The highest BCUT2D eigenvalue weighted by molar-refractivity contribution is 5.20. The van der Waals surface area contributed by atoms with Gasteiger partial charge in [0.2, 0.25) is 0 Å². The molecular weight excluding hydrogens is 255 g/mol. The SMILES string of the molecule is Cc1c(CNCc2cc(F)c(F)cc2F)cnn1C. The standard InChI is InChI=1S/C13H14F3N3/c1-8-10(7-18-19(8)2)6-17-5-9-3-12(15)13(16)4-11(9)14/h3-4,7,17H,5-6H2,1-2H3. The third kappa shape index (κ3) is 2.96. The summed E-state index contributed by atoms with van der Waals surface area (Å²) < 4.78 is 40.9. The van der Waals surface area contributed by atoms with Gasteiger partial charge < -0.3 is 5.32 Å². The lowest BCUT2D eigenvalue weighted by atomic mass is 10.2. The van der Waals surface area contributed by atoms with Gasteiger partial charge in [-0.15, -0.1) is 0 Å². The molecule has 0 radical (unpaired) electrons. The van der Waals surface area contributed by atoms with Crippen LogP contribution in [0.15, 0.2) is 18.3 Å². The third-order valence-corrected chi connectivity index (χ3v) is 3.06. The molecule has 0 aliphatic heterocycles. The van der Waals surface area contributed by atoms with Crippen LogP contribution in [0.4, 0.5) is 13.2 Å². The predicted molar refractivity (Wildman–Crippen MR) is 64.8 cm³/mol. The zero-order valence-corrected chi connectivity index (χ0v) is 10.7. The lowest BCUT2D eigenvalue weighted by Gasteiger charge is -2.06. The smallest absolute Gasteiger partial charge is 0.161 e. The van der Waals surface area contributed by atoms with E-state index in [1.807, 2.05) is 14.0 Å². The minimum Gasteiger partial charge on any atom is -0.308 e. The summed E-state index contributed by atoms with van der Waals surface area (Å²) in [5, 5.41) is 7.06. The molecule has 0 unspecified atom stereocenters. The van der Waals surface area contributed by atoms with Crippen molar-refractivity contribution in [2.24, 2.45) is 7.05 Å². The molecule has 2 rings (SSSR count). The highest BCUT2D eigenvalue weighted by atomic mass is 19.2. The topological polar surface area (TPSA) is 29.9 Å². The van der Waals surface area contributed by atoms with E-state index < -0.39 is 17.5 Å². The summed E-state index contributed by atoms with van der Waals surface area (Å²) in [7, 11) is 1.83. The van der Waals surface area contributed by atoms with Gasteiger partial charge >= 0.3 is 0 Å². The molecule has 1 N–H and O–H groups in total. The Kier molecular flexibility index (Phi) is 3.90. The second-order valence-electron chi connectivity index (χ2n) is 4.34. The first-order valence-corrected chi connectivity index (χ1v) is 5.80. The van der Waals surface area contributed by atoms with E-state index in [0.29, 0.717) is 12.6 Å². The van der Waals surface area contributed by atoms with E-state index >= 15 is 0 Å². The molecule has 0 spiro atoms. The minimum atomic E-state index is -1.18. The van der Waals surface area contributed by atoms with E-state index in [4.69, 9.17) is 0 Å². The van der Waals surface area contributed by atoms with Crippen LogP contribution in [-0.4, -0.2) is 9.78 Å². The van der Waals surface area contributed by atoms with Crippen molar-refractivity contribution in [2.45, 2.75) is 20.0 Å². The molecule has 2 aromatic rings. The minimum absolute atomic E-state index is 0.0976. The number of benzene rings is 1. The lowest BCUT2D eigenvalue weighted by Crippen LogP contribution is -2.14. The molecule has 0 aliphatic rings. The molecule has 1 heterocycles. The summed E-state index contributed by atoms with van der Waals surface area (Å²) in [6.45, 7) is 2.53. The van der Waals surface area contributed by atoms with Gasteiger partial charge in [-0.1, -0.05) is 0 Å². The molecule has 6 heteroatoms. The Balaban J connectivity index is 2.00. The van der Waals surface area contributed by atoms with Gasteiger partial charge in [-0.2, -0.15) is 5.10 Å². The predicted octanol–water partition coefficient (Wildman–Crippen LogP) is 2.44. The molecular formula is C13H14F3N3. The Hall–Kier alpha value is -1.82. The van der Waals surface area contributed by atoms with Gasteiger partial charge in [-0.3, -0.25) is 4.68 Å². The number of nitrogens with zero attached hydrogens (tertiary/aromatic N) is 2. The largest absolute Gasteiger partial charge is 0.308 e. The number of hydrogen-bond donors (Lipinski definition) is 1. The Labute approximate surface area is 109 Å². The molecule has 0 aliphatic carbocycles. The molecule has 3 nitrogen and oxygen atoms in total. The van der Waals surface area contributed by atoms with Crippen molar-refractivity contribution in [1.82, 2.24) is 15.1 Å². The van der Waals surface area contributed by atoms with Crippen molar-refractivity contribution in [3.8, 4) is 0 Å². The van der Waals surface area contributed by atoms with Gasteiger partial charge in [0.15, 0.2) is 11.6 Å². The summed E-state index contributed by atoms with van der Waals surface area (Å²) in [4.78, 5) is 0. The van der Waals surface area contributed by atoms with Gasteiger partial charge in [-0.05, 0) is 13.0 Å². The Morgan fingerprint density at radius 3 is 2.32 bits per heavy atom. The van der Waals surface area contributed by atoms with Crippen LogP contribution in [-0.2, 0) is 20.1 Å². The van der Waals surface area contributed by atoms with Crippen molar-refractivity contribution >= 4 is 0 Å². The zero-order valence-electron chi connectivity index (χ0n) is 10.7. The molecule has 0 atom stereocenters. The lowest BCUT2D eigenvalue weighted by molar-refractivity contribution is 0.486. The van der Waals surface area contributed by atoms with Crippen molar-refractivity contribution < 1.29 is 13.2 Å². The van der Waals surface area contributed by atoms with Crippen molar-refractivity contribution in [3.63, 3.8) is 0 Å². The highest BCUT2D eigenvalue weighted by Crippen LogP contribution is 2.14. The average molecular weight is 269 g/mol. The van der Waals surface area contributed by atoms with E-state index in [-0.39, 0.29) is 12.1 Å². The highest BCUT2D eigenvalue weighted by Gasteiger charge is 2.10. The fourth-order valence-electron chi connectivity index (χ4n) is 1.75. The van der Waals surface area contributed by atoms with Gasteiger partial charge in [-0.25, -0.2) is 13.2 Å². The maximum absolute atomic E-state index is 13.4.